The molecule has 0 radical (unpaired) electrons. The van der Waals surface area contributed by atoms with Crippen LogP contribution in [-0.4, -0.2) is 10.3 Å². The van der Waals surface area contributed by atoms with Gasteiger partial charge in [-0.2, -0.15) is 18.2 Å². The Morgan fingerprint density at radius 1 is 0.667 bits per heavy atom. The van der Waals surface area contributed by atoms with Gasteiger partial charge in [0, 0.05) is 0 Å². The molecule has 0 bridgehead atoms. The van der Waals surface area contributed by atoms with Gasteiger partial charge in [-0.25, -0.2) is 12.1 Å². The molecule has 42 heavy (non-hydrogen) atoms. The fourth-order valence-corrected chi connectivity index (χ4v) is 10.7. The summed E-state index contributed by atoms with van der Waals surface area (Å²) in [6, 6.07) is 28.0. The first-order valence-corrected chi connectivity index (χ1v) is 16.0. The van der Waals surface area contributed by atoms with Crippen LogP contribution in [0.3, 0.4) is 0 Å². The molecule has 0 saturated heterocycles. The molecule has 3 aliphatic carbocycles. The van der Waals surface area contributed by atoms with Crippen LogP contribution >= 0.6 is 7.92 Å². The molecular weight excluding hydrogens is 567 g/mol. The number of hydrogen-bond donors (Lipinski definition) is 0. The zero-order valence-corrected chi connectivity index (χ0v) is 27.4. The van der Waals surface area contributed by atoms with E-state index in [0.717, 1.165) is 0 Å². The molecule has 0 fully saturated rings. The van der Waals surface area contributed by atoms with Gasteiger partial charge >= 0.3 is 17.1 Å². The minimum atomic E-state index is -0.376. The molecule has 0 amide bonds. The summed E-state index contributed by atoms with van der Waals surface area (Å²) in [6.07, 6.45) is 18.6. The third kappa shape index (κ3) is 5.98. The summed E-state index contributed by atoms with van der Waals surface area (Å²) in [5.41, 5.74) is 4.07. The molecule has 7 rings (SSSR count). The molecule has 0 heterocycles. The van der Waals surface area contributed by atoms with Gasteiger partial charge in [0.2, 0.25) is 0 Å². The Morgan fingerprint density at radius 2 is 1.26 bits per heavy atom. The zero-order valence-electron chi connectivity index (χ0n) is 25.4. The van der Waals surface area contributed by atoms with Crippen molar-refractivity contribution in [1.29, 1.82) is 0 Å². The van der Waals surface area contributed by atoms with Crippen molar-refractivity contribution in [2.75, 3.05) is 0 Å². The average molecular weight is 607 g/mol. The first-order valence-electron chi connectivity index (χ1n) is 14.6. The summed E-state index contributed by atoms with van der Waals surface area (Å²) in [5, 5.41) is 9.80. The quantitative estimate of drug-likeness (QED) is 0.0876. The molecular formula is C40H39FeP. The molecule has 0 N–H and O–H groups in total. The van der Waals surface area contributed by atoms with Crippen LogP contribution in [-0.2, 0) is 17.1 Å². The van der Waals surface area contributed by atoms with E-state index < -0.39 is 0 Å². The van der Waals surface area contributed by atoms with Crippen LogP contribution in [0.15, 0.2) is 137 Å². The van der Waals surface area contributed by atoms with E-state index in [2.05, 4.69) is 139 Å². The molecule has 0 atom stereocenters. The van der Waals surface area contributed by atoms with Gasteiger partial charge in [0.25, 0.3) is 0 Å². The monoisotopic (exact) mass is 606 g/mol. The van der Waals surface area contributed by atoms with Crippen molar-refractivity contribution in [1.82, 2.24) is 0 Å². The average Bonchev–Trinajstić information content (AvgIpc) is 3.64. The largest absolute Gasteiger partial charge is 2.00 e. The fraction of sp³-hybridized carbons (Fsp3) is 0.200. The van der Waals surface area contributed by atoms with Gasteiger partial charge in [-0.15, -0.1) is 36.0 Å². The molecule has 212 valence electrons. The second-order valence-corrected chi connectivity index (χ2v) is 16.9. The maximum atomic E-state index is 2.42. The van der Waals surface area contributed by atoms with Crippen LogP contribution in [0.1, 0.15) is 41.5 Å². The molecule has 0 unspecified atom stereocenters. The number of allylic oxidation sites excluding steroid dienone is 10. The first kappa shape index (κ1) is 30.3. The Balaban J connectivity index is 0.000000534. The Labute approximate surface area is 263 Å². The maximum absolute atomic E-state index is 2.42. The molecule has 4 aromatic carbocycles. The van der Waals surface area contributed by atoms with Crippen molar-refractivity contribution in [3.8, 4) is 0 Å². The fourth-order valence-electron chi connectivity index (χ4n) is 6.59. The SMILES string of the molecule is CC(C)(C)P(C1=CC=CC1=C1C=CC=C2C=c3cc4cc5ccccc5cc4cc3=C[C-]21)C(C)(C)C.[Fe+2].c1cc[cH-]c1. The molecule has 0 spiro atoms. The summed E-state index contributed by atoms with van der Waals surface area (Å²) in [5.74, 6) is 1.34. The van der Waals surface area contributed by atoms with Crippen molar-refractivity contribution in [3.63, 3.8) is 0 Å². The normalized spacial score (nSPS) is 17.5. The molecule has 3 aliphatic rings. The molecule has 0 saturated carbocycles. The third-order valence-corrected chi connectivity index (χ3v) is 11.4. The maximum Gasteiger partial charge on any atom is 2.00 e. The minimum Gasteiger partial charge on any atom is -0.214 e. The predicted molar refractivity (Wildman–Crippen MR) is 183 cm³/mol. The summed E-state index contributed by atoms with van der Waals surface area (Å²) in [7, 11) is -0.376. The van der Waals surface area contributed by atoms with Crippen LogP contribution in [0.2, 0.25) is 0 Å². The second kappa shape index (κ2) is 11.8. The van der Waals surface area contributed by atoms with E-state index in [-0.39, 0.29) is 35.3 Å². The smallest absolute Gasteiger partial charge is 0.214 e. The number of rotatable bonds is 1. The number of hydrogen-bond acceptors (Lipinski definition) is 0. The summed E-state index contributed by atoms with van der Waals surface area (Å²) < 4.78 is 0. The van der Waals surface area contributed by atoms with E-state index in [9.17, 15) is 0 Å². The van der Waals surface area contributed by atoms with Gasteiger partial charge in [-0.1, -0.05) is 132 Å². The molecule has 0 aromatic heterocycles. The van der Waals surface area contributed by atoms with Gasteiger partial charge < -0.3 is 0 Å². The first-order chi connectivity index (χ1) is 19.6. The van der Waals surface area contributed by atoms with Crippen LogP contribution in [0, 0.1) is 5.92 Å². The van der Waals surface area contributed by atoms with Crippen LogP contribution in [0.25, 0.3) is 33.7 Å². The molecule has 0 nitrogen and oxygen atoms in total. The Hall–Kier alpha value is -3.21. The van der Waals surface area contributed by atoms with Crippen LogP contribution < -0.4 is 10.4 Å². The van der Waals surface area contributed by atoms with E-state index in [0.29, 0.717) is 0 Å². The van der Waals surface area contributed by atoms with Gasteiger partial charge in [0.1, 0.15) is 0 Å². The van der Waals surface area contributed by atoms with Crippen molar-refractivity contribution in [2.24, 2.45) is 0 Å². The molecule has 4 aromatic rings. The van der Waals surface area contributed by atoms with Gasteiger partial charge in [-0.05, 0) is 49.3 Å². The predicted octanol–water partition coefficient (Wildman–Crippen LogP) is 9.87. The second-order valence-electron chi connectivity index (χ2n) is 13.1. The van der Waals surface area contributed by atoms with Crippen molar-refractivity contribution in [2.45, 2.75) is 51.9 Å². The van der Waals surface area contributed by atoms with Gasteiger partial charge in [-0.3, -0.25) is 0 Å². The standard InChI is InChI=1S/C35H34P.C5H5.Fe/c1-34(2,3)36(35(4,5)6)33-16-10-15-31(33)30-14-9-13-25-19-28-20-26-17-23-11-7-8-12-24(23)18-27(26)21-29(28)22-32(25)30;1-2-4-5-3-1;/h7-22H,1-6H3;1-5H;/q2*-1;+2. The topological polar surface area (TPSA) is 0 Å². The Bertz CT molecular complexity index is 1860. The summed E-state index contributed by atoms with van der Waals surface area (Å²) in [6.45, 7) is 14.5. The number of fused-ring (bicyclic) bond motifs is 4. The minimum absolute atomic E-state index is 0. The van der Waals surface area contributed by atoms with E-state index >= 15 is 0 Å². The van der Waals surface area contributed by atoms with Gasteiger partial charge in [0.05, 0.1) is 0 Å². The number of benzene rings is 3. The van der Waals surface area contributed by atoms with E-state index in [1.54, 1.807) is 0 Å². The molecule has 2 heteroatoms. The van der Waals surface area contributed by atoms with Crippen LogP contribution in [0.5, 0.6) is 0 Å². The van der Waals surface area contributed by atoms with E-state index in [4.69, 9.17) is 0 Å². The van der Waals surface area contributed by atoms with Crippen molar-refractivity contribution < 1.29 is 17.1 Å². The molecule has 0 aliphatic heterocycles. The van der Waals surface area contributed by atoms with Crippen LogP contribution in [0.4, 0.5) is 0 Å². The van der Waals surface area contributed by atoms with Crippen molar-refractivity contribution in [3.05, 3.63) is 154 Å². The Morgan fingerprint density at radius 3 is 1.83 bits per heavy atom. The Kier molecular flexibility index (Phi) is 8.51. The summed E-state index contributed by atoms with van der Waals surface area (Å²) >= 11 is 0. The van der Waals surface area contributed by atoms with E-state index in [1.165, 1.54) is 59.9 Å². The van der Waals surface area contributed by atoms with E-state index in [1.807, 2.05) is 30.3 Å². The third-order valence-electron chi connectivity index (χ3n) is 7.88. The van der Waals surface area contributed by atoms with Gasteiger partial charge in [0.15, 0.2) is 0 Å². The zero-order chi connectivity index (χ0) is 28.8. The summed E-state index contributed by atoms with van der Waals surface area (Å²) in [4.78, 5) is 0. The van der Waals surface area contributed by atoms with Crippen molar-refractivity contribution >= 4 is 41.6 Å².